The minimum Gasteiger partial charge on any atom is -0.375 e. The molecule has 2 aliphatic rings. The molecule has 2 radical (unpaired) electrons. The molecule has 2 rings (SSSR count). The van der Waals surface area contributed by atoms with Gasteiger partial charge in [-0.1, -0.05) is 0 Å². The molecule has 2 saturated heterocycles. The Hall–Kier alpha value is -0.105. The van der Waals surface area contributed by atoms with Crippen LogP contribution in [0.3, 0.4) is 0 Å². The molecule has 2 unspecified atom stereocenters. The molecule has 2 bridgehead atoms. The molecule has 0 saturated carbocycles. The van der Waals surface area contributed by atoms with E-state index in [0.717, 1.165) is 0 Å². The SMILES string of the molecule is [B][C@@H]1O[C@@]2(C)COC1C2S(=O)(=O)O. The quantitative estimate of drug-likeness (QED) is 0.434. The van der Waals surface area contributed by atoms with Crippen molar-refractivity contribution in [2.45, 2.75) is 29.9 Å². The summed E-state index contributed by atoms with van der Waals surface area (Å²) in [7, 11) is 1.31. The standard InChI is InChI=1S/C6H9BO5S/c1-6-2-11-3(5(7)12-6)4(6)13(8,9)10/h3-5H,2H2,1H3,(H,8,9,10)/t3?,4?,5-,6+/m1/s1. The van der Waals surface area contributed by atoms with Gasteiger partial charge in [0, 0.05) is 6.00 Å². The molecule has 0 spiro atoms. The van der Waals surface area contributed by atoms with E-state index in [2.05, 4.69) is 0 Å². The molecule has 5 nitrogen and oxygen atoms in total. The maximum absolute atomic E-state index is 11.0. The summed E-state index contributed by atoms with van der Waals surface area (Å²) < 4.78 is 41.2. The van der Waals surface area contributed by atoms with Crippen molar-refractivity contribution in [2.75, 3.05) is 6.61 Å². The van der Waals surface area contributed by atoms with Gasteiger partial charge in [0.15, 0.2) is 0 Å². The van der Waals surface area contributed by atoms with Crippen LogP contribution in [-0.2, 0) is 19.6 Å². The van der Waals surface area contributed by atoms with Crippen LogP contribution in [0.4, 0.5) is 0 Å². The van der Waals surface area contributed by atoms with Crippen molar-refractivity contribution in [3.05, 3.63) is 0 Å². The zero-order chi connectivity index (χ0) is 9.85. The van der Waals surface area contributed by atoms with E-state index in [1.54, 1.807) is 6.92 Å². The van der Waals surface area contributed by atoms with Gasteiger partial charge < -0.3 is 9.47 Å². The van der Waals surface area contributed by atoms with E-state index < -0.39 is 33.1 Å². The number of rotatable bonds is 1. The van der Waals surface area contributed by atoms with Gasteiger partial charge in [0.1, 0.15) is 18.7 Å². The Kier molecular flexibility index (Phi) is 1.80. The predicted octanol–water partition coefficient (Wildman–Crippen LogP) is -1.07. The van der Waals surface area contributed by atoms with Crippen molar-refractivity contribution in [3.63, 3.8) is 0 Å². The summed E-state index contributed by atoms with van der Waals surface area (Å²) in [6.45, 7) is 1.72. The second kappa shape index (κ2) is 2.47. The van der Waals surface area contributed by atoms with Gasteiger partial charge >= 0.3 is 0 Å². The van der Waals surface area contributed by atoms with Crippen molar-refractivity contribution in [2.24, 2.45) is 0 Å². The predicted molar refractivity (Wildman–Crippen MR) is 44.1 cm³/mol. The van der Waals surface area contributed by atoms with Gasteiger partial charge in [-0.3, -0.25) is 4.55 Å². The largest absolute Gasteiger partial charge is 0.375 e. The molecule has 0 aromatic carbocycles. The Morgan fingerprint density at radius 3 is 2.46 bits per heavy atom. The van der Waals surface area contributed by atoms with Crippen molar-refractivity contribution < 1.29 is 22.4 Å². The molecule has 2 heterocycles. The van der Waals surface area contributed by atoms with Gasteiger partial charge in [-0.15, -0.1) is 0 Å². The molecule has 13 heavy (non-hydrogen) atoms. The first kappa shape index (κ1) is 9.45. The van der Waals surface area contributed by atoms with Crippen molar-refractivity contribution in [3.8, 4) is 0 Å². The van der Waals surface area contributed by atoms with Crippen molar-refractivity contribution in [1.29, 1.82) is 0 Å². The van der Waals surface area contributed by atoms with Crippen LogP contribution in [0.2, 0.25) is 0 Å². The smallest absolute Gasteiger partial charge is 0.273 e. The highest BCUT2D eigenvalue weighted by atomic mass is 32.2. The van der Waals surface area contributed by atoms with Crippen LogP contribution in [0.15, 0.2) is 0 Å². The Morgan fingerprint density at radius 2 is 2.23 bits per heavy atom. The summed E-state index contributed by atoms with van der Waals surface area (Å²) in [5, 5.41) is -1.06. The summed E-state index contributed by atoms with van der Waals surface area (Å²) >= 11 is 0. The van der Waals surface area contributed by atoms with Crippen LogP contribution in [-0.4, -0.2) is 50.4 Å². The molecular formula is C6H9BO5S. The fraction of sp³-hybridized carbons (Fsp3) is 1.00. The van der Waals surface area contributed by atoms with E-state index in [9.17, 15) is 8.42 Å². The van der Waals surface area contributed by atoms with Gasteiger partial charge in [0.25, 0.3) is 10.1 Å². The Bertz CT molecular complexity index is 328. The summed E-state index contributed by atoms with van der Waals surface area (Å²) in [5.41, 5.74) is -1.00. The summed E-state index contributed by atoms with van der Waals surface area (Å²) in [5.74, 6) is 0. The highest BCUT2D eigenvalue weighted by Gasteiger charge is 2.62. The van der Waals surface area contributed by atoms with E-state index in [1.165, 1.54) is 0 Å². The number of hydrogen-bond acceptors (Lipinski definition) is 4. The van der Waals surface area contributed by atoms with Crippen LogP contribution in [0, 0.1) is 0 Å². The second-order valence-electron chi connectivity index (χ2n) is 3.61. The third kappa shape index (κ3) is 1.22. The fourth-order valence-corrected chi connectivity index (χ4v) is 3.34. The third-order valence-corrected chi connectivity index (χ3v) is 3.92. The van der Waals surface area contributed by atoms with Crippen LogP contribution in [0.1, 0.15) is 6.92 Å². The van der Waals surface area contributed by atoms with Crippen LogP contribution >= 0.6 is 0 Å². The van der Waals surface area contributed by atoms with Crippen molar-refractivity contribution >= 4 is 18.0 Å². The molecular weight excluding hydrogens is 195 g/mol. The number of ether oxygens (including phenoxy) is 2. The normalized spacial score (nSPS) is 49.8. The fourth-order valence-electron chi connectivity index (χ4n) is 2.01. The zero-order valence-electron chi connectivity index (χ0n) is 7.00. The van der Waals surface area contributed by atoms with Gasteiger partial charge in [0.2, 0.25) is 0 Å². The zero-order valence-corrected chi connectivity index (χ0v) is 7.82. The van der Waals surface area contributed by atoms with Crippen LogP contribution in [0.25, 0.3) is 0 Å². The molecule has 0 amide bonds. The van der Waals surface area contributed by atoms with Crippen molar-refractivity contribution in [1.82, 2.24) is 0 Å². The molecule has 0 aromatic rings. The van der Waals surface area contributed by atoms with Crippen LogP contribution < -0.4 is 0 Å². The monoisotopic (exact) mass is 204 g/mol. The molecule has 2 fully saturated rings. The maximum Gasteiger partial charge on any atom is 0.273 e. The van der Waals surface area contributed by atoms with E-state index in [-0.39, 0.29) is 6.61 Å². The lowest BCUT2D eigenvalue weighted by molar-refractivity contribution is -0.103. The highest BCUT2D eigenvalue weighted by Crippen LogP contribution is 2.42. The van der Waals surface area contributed by atoms with Gasteiger partial charge in [-0.2, -0.15) is 8.42 Å². The third-order valence-electron chi connectivity index (χ3n) is 2.51. The molecule has 7 heteroatoms. The average molecular weight is 204 g/mol. The van der Waals surface area contributed by atoms with Gasteiger partial charge in [-0.05, 0) is 6.92 Å². The van der Waals surface area contributed by atoms with Crippen LogP contribution in [0.5, 0.6) is 0 Å². The Balaban J connectivity index is 2.42. The topological polar surface area (TPSA) is 72.8 Å². The minimum atomic E-state index is -4.16. The van der Waals surface area contributed by atoms with Gasteiger partial charge in [0.05, 0.1) is 12.7 Å². The lowest BCUT2D eigenvalue weighted by Crippen LogP contribution is -2.41. The summed E-state index contributed by atoms with van der Waals surface area (Å²) in [6, 6.07) is -0.773. The minimum absolute atomic E-state index is 0.149. The molecule has 0 aromatic heterocycles. The molecule has 2 aliphatic heterocycles. The first-order valence-electron chi connectivity index (χ1n) is 3.86. The number of hydrogen-bond donors (Lipinski definition) is 1. The first-order valence-corrected chi connectivity index (χ1v) is 5.36. The summed E-state index contributed by atoms with van der Waals surface area (Å²) in [4.78, 5) is 0. The lowest BCUT2D eigenvalue weighted by atomic mass is 9.94. The van der Waals surface area contributed by atoms with E-state index in [1.807, 2.05) is 0 Å². The van der Waals surface area contributed by atoms with E-state index in [4.69, 9.17) is 21.9 Å². The molecule has 72 valence electrons. The molecule has 4 atom stereocenters. The maximum atomic E-state index is 11.0. The van der Waals surface area contributed by atoms with E-state index >= 15 is 0 Å². The summed E-state index contributed by atoms with van der Waals surface area (Å²) in [6.07, 6.45) is -0.750. The Labute approximate surface area is 77.6 Å². The molecule has 0 aliphatic carbocycles. The average Bonchev–Trinajstić information content (AvgIpc) is 2.34. The highest BCUT2D eigenvalue weighted by molar-refractivity contribution is 7.86. The second-order valence-corrected chi connectivity index (χ2v) is 5.14. The molecule has 1 N–H and O–H groups in total. The van der Waals surface area contributed by atoms with E-state index in [0.29, 0.717) is 0 Å². The lowest BCUT2D eigenvalue weighted by Gasteiger charge is -2.25. The Morgan fingerprint density at radius 1 is 1.62 bits per heavy atom. The number of fused-ring (bicyclic) bond motifs is 2. The first-order chi connectivity index (χ1) is 5.84. The van der Waals surface area contributed by atoms with Gasteiger partial charge in [-0.25, -0.2) is 0 Å².